The van der Waals surface area contributed by atoms with Gasteiger partial charge in [0.2, 0.25) is 0 Å². The molecular formula is C30H52O5. The lowest BCUT2D eigenvalue weighted by Gasteiger charge is -2.28. The van der Waals surface area contributed by atoms with E-state index >= 15 is 0 Å². The first-order chi connectivity index (χ1) is 16.5. The third-order valence-corrected chi connectivity index (χ3v) is 7.54. The smallest absolute Gasteiger partial charge is 0.309 e. The summed E-state index contributed by atoms with van der Waals surface area (Å²) in [5, 5.41) is 21.1. The summed E-state index contributed by atoms with van der Waals surface area (Å²) >= 11 is 0. The molecule has 5 heteroatoms. The van der Waals surface area contributed by atoms with E-state index in [0.717, 1.165) is 31.3 Å². The quantitative estimate of drug-likeness (QED) is 0.214. The van der Waals surface area contributed by atoms with Gasteiger partial charge < -0.3 is 19.7 Å². The predicted molar refractivity (Wildman–Crippen MR) is 144 cm³/mol. The summed E-state index contributed by atoms with van der Waals surface area (Å²) < 4.78 is 11.4. The van der Waals surface area contributed by atoms with Gasteiger partial charge in [0.25, 0.3) is 0 Å². The number of esters is 1. The van der Waals surface area contributed by atoms with Crippen LogP contribution in [-0.4, -0.2) is 47.7 Å². The summed E-state index contributed by atoms with van der Waals surface area (Å²) in [5.41, 5.74) is 0.945. The Hall–Kier alpha value is -1.43. The number of aliphatic hydroxyl groups excluding tert-OH is 2. The van der Waals surface area contributed by atoms with Crippen LogP contribution >= 0.6 is 0 Å². The van der Waals surface area contributed by atoms with E-state index in [9.17, 15) is 15.0 Å². The maximum atomic E-state index is 12.5. The average Bonchev–Trinajstić information content (AvgIpc) is 2.80. The number of methoxy groups -OCH3 is 1. The molecule has 1 heterocycles. The van der Waals surface area contributed by atoms with E-state index < -0.39 is 12.2 Å². The molecule has 2 N–H and O–H groups in total. The fraction of sp³-hybridized carbons (Fsp3) is 0.767. The Morgan fingerprint density at radius 1 is 1.23 bits per heavy atom. The van der Waals surface area contributed by atoms with Crippen molar-refractivity contribution in [1.29, 1.82) is 0 Å². The van der Waals surface area contributed by atoms with Gasteiger partial charge in [-0.25, -0.2) is 0 Å². The van der Waals surface area contributed by atoms with Gasteiger partial charge in [-0.05, 0) is 62.4 Å². The van der Waals surface area contributed by atoms with Gasteiger partial charge in [-0.2, -0.15) is 0 Å². The van der Waals surface area contributed by atoms with Gasteiger partial charge in [0.05, 0.1) is 24.7 Å². The van der Waals surface area contributed by atoms with Crippen LogP contribution in [0.1, 0.15) is 87.0 Å². The molecule has 0 aromatic rings. The molecule has 0 aromatic carbocycles. The van der Waals surface area contributed by atoms with Crippen molar-refractivity contribution in [3.8, 4) is 0 Å². The van der Waals surface area contributed by atoms with Crippen molar-refractivity contribution in [3.63, 3.8) is 0 Å². The van der Waals surface area contributed by atoms with E-state index in [1.54, 1.807) is 7.11 Å². The van der Waals surface area contributed by atoms with Crippen LogP contribution in [0.15, 0.2) is 36.0 Å². The topological polar surface area (TPSA) is 76.0 Å². The maximum Gasteiger partial charge on any atom is 0.309 e. The Kier molecular flexibility index (Phi) is 14.8. The normalized spacial score (nSPS) is 30.5. The molecule has 0 bridgehead atoms. The molecule has 0 unspecified atom stereocenters. The highest BCUT2D eigenvalue weighted by atomic mass is 16.5. The van der Waals surface area contributed by atoms with Crippen molar-refractivity contribution in [2.45, 2.75) is 111 Å². The third-order valence-electron chi connectivity index (χ3n) is 7.54. The minimum atomic E-state index is -0.656. The molecule has 1 rings (SSSR count). The van der Waals surface area contributed by atoms with E-state index in [1.807, 2.05) is 32.1 Å². The third kappa shape index (κ3) is 11.4. The van der Waals surface area contributed by atoms with Crippen LogP contribution in [-0.2, 0) is 14.3 Å². The Morgan fingerprint density at radius 2 is 1.91 bits per heavy atom. The molecule has 0 saturated carbocycles. The van der Waals surface area contributed by atoms with E-state index in [-0.39, 0.29) is 42.4 Å². The first-order valence-electron chi connectivity index (χ1n) is 13.6. The molecule has 0 aliphatic carbocycles. The molecule has 35 heavy (non-hydrogen) atoms. The molecule has 0 fully saturated rings. The van der Waals surface area contributed by atoms with Gasteiger partial charge in [-0.1, -0.05) is 71.9 Å². The lowest BCUT2D eigenvalue weighted by atomic mass is 9.84. The molecule has 5 nitrogen and oxygen atoms in total. The molecule has 0 saturated heterocycles. The lowest BCUT2D eigenvalue weighted by Crippen LogP contribution is -2.29. The SMILES string of the molecule is CC[C@H](OC)[C@@H](C)C[C@H](C)[C@@H](O)[C@@H](C)/C=C/C=C(\C)[C@H]1OC(=O)C[C@H](O)CC[C@H](C)C/C=C/[C@@H]1C. The minimum absolute atomic E-state index is 0.00307. The largest absolute Gasteiger partial charge is 0.457 e. The van der Waals surface area contributed by atoms with Crippen LogP contribution in [0.5, 0.6) is 0 Å². The minimum Gasteiger partial charge on any atom is -0.457 e. The molecular weight excluding hydrogens is 440 g/mol. The van der Waals surface area contributed by atoms with Crippen LogP contribution < -0.4 is 0 Å². The molecule has 9 atom stereocenters. The highest BCUT2D eigenvalue weighted by Crippen LogP contribution is 2.26. The molecule has 202 valence electrons. The molecule has 0 aromatic heterocycles. The predicted octanol–water partition coefficient (Wildman–Crippen LogP) is 6.25. The van der Waals surface area contributed by atoms with Crippen LogP contribution in [0.2, 0.25) is 0 Å². The summed E-state index contributed by atoms with van der Waals surface area (Å²) in [6, 6.07) is 0. The zero-order valence-electron chi connectivity index (χ0n) is 23.4. The van der Waals surface area contributed by atoms with Gasteiger partial charge >= 0.3 is 5.97 Å². The average molecular weight is 493 g/mol. The molecule has 0 spiro atoms. The Balaban J connectivity index is 2.86. The van der Waals surface area contributed by atoms with Crippen LogP contribution in [0.3, 0.4) is 0 Å². The molecule has 1 aliphatic rings. The summed E-state index contributed by atoms with van der Waals surface area (Å²) in [4.78, 5) is 12.5. The number of hydrogen-bond acceptors (Lipinski definition) is 5. The lowest BCUT2D eigenvalue weighted by molar-refractivity contribution is -0.151. The summed E-state index contributed by atoms with van der Waals surface area (Å²) in [7, 11) is 1.75. The van der Waals surface area contributed by atoms with Gasteiger partial charge in [0, 0.05) is 18.9 Å². The second-order valence-electron chi connectivity index (χ2n) is 11.0. The number of hydrogen-bond donors (Lipinski definition) is 2. The number of carbonyl (C=O) groups is 1. The standard InChI is InChI=1S/C30H52O5/c1-9-27(34-8)24(6)18-25(7)29(33)21(3)13-11-15-23(5)30-22(4)14-10-12-20(2)16-17-26(31)19-28(32)35-30/h10-11,13-15,20-22,24-27,29-31,33H,9,12,16-19H2,1-8H3/b13-11+,14-10+,23-15+/t20-,21+,22+,24+,25+,26-,27+,29+,30+/m1/s1. The molecule has 0 amide bonds. The van der Waals surface area contributed by atoms with Crippen LogP contribution in [0.4, 0.5) is 0 Å². The number of rotatable bonds is 10. The van der Waals surface area contributed by atoms with Gasteiger partial charge in [0.15, 0.2) is 0 Å². The summed E-state index contributed by atoms with van der Waals surface area (Å²) in [6.45, 7) is 14.7. The zero-order chi connectivity index (χ0) is 26.5. The Labute approximate surface area is 214 Å². The monoisotopic (exact) mass is 492 g/mol. The van der Waals surface area contributed by atoms with Crippen molar-refractivity contribution in [3.05, 3.63) is 36.0 Å². The first kappa shape index (κ1) is 31.6. The number of ether oxygens (including phenoxy) is 2. The highest BCUT2D eigenvalue weighted by molar-refractivity contribution is 5.70. The Morgan fingerprint density at radius 3 is 2.54 bits per heavy atom. The Bertz CT molecular complexity index is 693. The zero-order valence-corrected chi connectivity index (χ0v) is 23.4. The van der Waals surface area contributed by atoms with Crippen molar-refractivity contribution in [1.82, 2.24) is 0 Å². The van der Waals surface area contributed by atoms with Crippen molar-refractivity contribution in [2.24, 2.45) is 29.6 Å². The number of cyclic esters (lactones) is 1. The number of allylic oxidation sites excluding steroid dienone is 3. The van der Waals surface area contributed by atoms with Crippen molar-refractivity contribution < 1.29 is 24.5 Å². The fourth-order valence-electron chi connectivity index (χ4n) is 5.11. The van der Waals surface area contributed by atoms with E-state index in [2.05, 4.69) is 46.8 Å². The summed E-state index contributed by atoms with van der Waals surface area (Å²) in [6.07, 6.45) is 13.4. The van der Waals surface area contributed by atoms with E-state index in [1.165, 1.54) is 0 Å². The number of carbonyl (C=O) groups excluding carboxylic acids is 1. The first-order valence-corrected chi connectivity index (χ1v) is 13.6. The number of aliphatic hydroxyl groups is 2. The molecule has 1 aliphatic heterocycles. The van der Waals surface area contributed by atoms with Crippen LogP contribution in [0, 0.1) is 29.6 Å². The van der Waals surface area contributed by atoms with E-state index in [4.69, 9.17) is 9.47 Å². The summed E-state index contributed by atoms with van der Waals surface area (Å²) in [5.74, 6) is 0.689. The molecule has 0 radical (unpaired) electrons. The van der Waals surface area contributed by atoms with E-state index in [0.29, 0.717) is 18.3 Å². The van der Waals surface area contributed by atoms with Crippen molar-refractivity contribution >= 4 is 5.97 Å². The van der Waals surface area contributed by atoms with Gasteiger partial charge in [0.1, 0.15) is 6.10 Å². The second-order valence-corrected chi connectivity index (χ2v) is 11.0. The fourth-order valence-corrected chi connectivity index (χ4v) is 5.11. The van der Waals surface area contributed by atoms with Crippen LogP contribution in [0.25, 0.3) is 0 Å². The maximum absolute atomic E-state index is 12.5. The van der Waals surface area contributed by atoms with Crippen molar-refractivity contribution in [2.75, 3.05) is 7.11 Å². The van der Waals surface area contributed by atoms with Gasteiger partial charge in [-0.3, -0.25) is 4.79 Å². The highest BCUT2D eigenvalue weighted by Gasteiger charge is 2.26. The van der Waals surface area contributed by atoms with Gasteiger partial charge in [-0.15, -0.1) is 0 Å². The second kappa shape index (κ2) is 16.3.